The summed E-state index contributed by atoms with van der Waals surface area (Å²) in [5, 5.41) is 6.62. The molecule has 0 spiro atoms. The second-order valence-electron chi connectivity index (χ2n) is 5.86. The predicted octanol–water partition coefficient (Wildman–Crippen LogP) is 5.11. The lowest BCUT2D eigenvalue weighted by Crippen LogP contribution is -2.16. The highest BCUT2D eigenvalue weighted by Crippen LogP contribution is 2.33. The zero-order valence-corrected chi connectivity index (χ0v) is 17.3. The van der Waals surface area contributed by atoms with Gasteiger partial charge >= 0.3 is 5.97 Å². The predicted molar refractivity (Wildman–Crippen MR) is 110 cm³/mol. The second-order valence-corrected chi connectivity index (χ2v) is 8.38. The third-order valence-corrected chi connectivity index (χ3v) is 6.29. The number of anilines is 1. The van der Waals surface area contributed by atoms with Crippen molar-refractivity contribution < 1.29 is 14.3 Å². The average Bonchev–Trinajstić information content (AvgIpc) is 3.19. The first-order valence-electron chi connectivity index (χ1n) is 8.07. The molecule has 3 aromatic rings. The highest BCUT2D eigenvalue weighted by atomic mass is 35.5. The van der Waals surface area contributed by atoms with Crippen LogP contribution in [0.4, 0.5) is 5.00 Å². The van der Waals surface area contributed by atoms with Crippen LogP contribution in [0.15, 0.2) is 29.6 Å². The van der Waals surface area contributed by atoms with E-state index in [1.54, 1.807) is 6.07 Å². The van der Waals surface area contributed by atoms with Crippen molar-refractivity contribution in [3.05, 3.63) is 56.4 Å². The Morgan fingerprint density at radius 2 is 2.07 bits per heavy atom. The van der Waals surface area contributed by atoms with Gasteiger partial charge in [-0.3, -0.25) is 4.79 Å². The van der Waals surface area contributed by atoms with Gasteiger partial charge < -0.3 is 10.1 Å². The van der Waals surface area contributed by atoms with Gasteiger partial charge in [-0.15, -0.1) is 22.7 Å². The lowest BCUT2D eigenvalue weighted by atomic mass is 10.1. The quantitative estimate of drug-likeness (QED) is 0.582. The van der Waals surface area contributed by atoms with Crippen LogP contribution < -0.4 is 5.32 Å². The summed E-state index contributed by atoms with van der Waals surface area (Å²) in [4.78, 5) is 29.9. The van der Waals surface area contributed by atoms with Crippen molar-refractivity contribution in [1.82, 2.24) is 4.98 Å². The maximum atomic E-state index is 12.5. The van der Waals surface area contributed by atoms with Crippen molar-refractivity contribution >= 4 is 51.2 Å². The molecule has 3 rings (SSSR count). The van der Waals surface area contributed by atoms with Gasteiger partial charge in [0.2, 0.25) is 5.91 Å². The van der Waals surface area contributed by atoms with E-state index in [0.717, 1.165) is 21.0 Å². The molecule has 2 aromatic heterocycles. The first-order chi connectivity index (χ1) is 12.9. The zero-order valence-electron chi connectivity index (χ0n) is 15.0. The van der Waals surface area contributed by atoms with Gasteiger partial charge in [-0.05, 0) is 31.5 Å². The van der Waals surface area contributed by atoms with Gasteiger partial charge in [-0.1, -0.05) is 23.7 Å². The fraction of sp³-hybridized carbons (Fsp3) is 0.211. The number of thiazole rings is 1. The zero-order chi connectivity index (χ0) is 19.6. The fourth-order valence-corrected chi connectivity index (χ4v) is 4.61. The molecule has 27 heavy (non-hydrogen) atoms. The number of nitrogens with zero attached hydrogens (tertiary/aromatic N) is 1. The van der Waals surface area contributed by atoms with E-state index in [4.69, 9.17) is 16.3 Å². The molecule has 0 atom stereocenters. The largest absolute Gasteiger partial charge is 0.465 e. The Bertz CT molecular complexity index is 1010. The number of aromatic nitrogens is 1. The fourth-order valence-electron chi connectivity index (χ4n) is 2.54. The van der Waals surface area contributed by atoms with Crippen molar-refractivity contribution in [3.8, 4) is 10.6 Å². The van der Waals surface area contributed by atoms with E-state index in [1.165, 1.54) is 29.8 Å². The number of rotatable bonds is 5. The number of nitrogens with one attached hydrogen (secondary N) is 1. The third-order valence-electron chi connectivity index (χ3n) is 3.99. The van der Waals surface area contributed by atoms with Crippen LogP contribution in [0.3, 0.4) is 0 Å². The molecule has 0 fully saturated rings. The van der Waals surface area contributed by atoms with Crippen molar-refractivity contribution in [1.29, 1.82) is 0 Å². The summed E-state index contributed by atoms with van der Waals surface area (Å²) >= 11 is 8.84. The molecule has 0 saturated heterocycles. The number of thiophene rings is 1. The molecule has 5 nitrogen and oxygen atoms in total. The number of aryl methyl sites for hydroxylation is 1. The molecular weight excluding hydrogens is 404 g/mol. The van der Waals surface area contributed by atoms with Gasteiger partial charge in [0, 0.05) is 20.8 Å². The number of benzene rings is 1. The van der Waals surface area contributed by atoms with E-state index < -0.39 is 5.97 Å². The molecule has 0 bridgehead atoms. The summed E-state index contributed by atoms with van der Waals surface area (Å²) in [7, 11) is 1.33. The highest BCUT2D eigenvalue weighted by molar-refractivity contribution is 7.16. The smallest absolute Gasteiger partial charge is 0.341 e. The molecule has 0 aliphatic heterocycles. The topological polar surface area (TPSA) is 68.3 Å². The molecule has 0 aliphatic rings. The Labute approximate surface area is 170 Å². The summed E-state index contributed by atoms with van der Waals surface area (Å²) < 4.78 is 4.83. The van der Waals surface area contributed by atoms with Crippen LogP contribution in [0.25, 0.3) is 10.6 Å². The van der Waals surface area contributed by atoms with E-state index in [0.29, 0.717) is 21.3 Å². The maximum absolute atomic E-state index is 12.5. The molecule has 8 heteroatoms. The maximum Gasteiger partial charge on any atom is 0.341 e. The Balaban J connectivity index is 1.74. The summed E-state index contributed by atoms with van der Waals surface area (Å²) in [6.45, 7) is 3.74. The molecule has 0 radical (unpaired) electrons. The summed E-state index contributed by atoms with van der Waals surface area (Å²) in [5.41, 5.74) is 2.80. The monoisotopic (exact) mass is 420 g/mol. The van der Waals surface area contributed by atoms with E-state index in [2.05, 4.69) is 10.3 Å². The van der Waals surface area contributed by atoms with Crippen LogP contribution in [0, 0.1) is 13.8 Å². The Morgan fingerprint density at radius 1 is 1.30 bits per heavy atom. The van der Waals surface area contributed by atoms with E-state index in [1.807, 2.05) is 37.4 Å². The van der Waals surface area contributed by atoms with Crippen LogP contribution in [-0.2, 0) is 16.0 Å². The Hall–Kier alpha value is -2.22. The first kappa shape index (κ1) is 19.5. The number of amides is 1. The van der Waals surface area contributed by atoms with Crippen molar-refractivity contribution in [2.75, 3.05) is 12.4 Å². The van der Waals surface area contributed by atoms with Crippen molar-refractivity contribution in [2.24, 2.45) is 0 Å². The molecule has 0 aliphatic carbocycles. The van der Waals surface area contributed by atoms with E-state index in [9.17, 15) is 9.59 Å². The normalized spacial score (nSPS) is 10.7. The molecule has 2 heterocycles. The third kappa shape index (κ3) is 4.37. The van der Waals surface area contributed by atoms with Gasteiger partial charge in [-0.2, -0.15) is 0 Å². The number of carbonyl (C=O) groups excluding carboxylic acids is 2. The molecular formula is C19H17ClN2O3S2. The lowest BCUT2D eigenvalue weighted by molar-refractivity contribution is -0.115. The molecule has 0 unspecified atom stereocenters. The van der Waals surface area contributed by atoms with Gasteiger partial charge in [-0.25, -0.2) is 9.78 Å². The SMILES string of the molecule is COC(=O)c1c(NC(=O)Cc2csc(-c3cccc(Cl)c3)n2)sc(C)c1C. The minimum absolute atomic E-state index is 0.119. The van der Waals surface area contributed by atoms with Gasteiger partial charge in [0.1, 0.15) is 10.0 Å². The number of hydrogen-bond donors (Lipinski definition) is 1. The van der Waals surface area contributed by atoms with Crippen molar-refractivity contribution in [3.63, 3.8) is 0 Å². The number of carbonyl (C=O) groups is 2. The molecule has 1 N–H and O–H groups in total. The summed E-state index contributed by atoms with van der Waals surface area (Å²) in [5.74, 6) is -0.687. The number of halogens is 1. The first-order valence-corrected chi connectivity index (χ1v) is 10.1. The van der Waals surface area contributed by atoms with Gasteiger partial charge in [0.05, 0.1) is 24.8 Å². The molecule has 1 aromatic carbocycles. The van der Waals surface area contributed by atoms with Gasteiger partial charge in [0.25, 0.3) is 0 Å². The van der Waals surface area contributed by atoms with Crippen LogP contribution >= 0.6 is 34.3 Å². The number of ether oxygens (including phenoxy) is 1. The summed E-state index contributed by atoms with van der Waals surface area (Å²) in [6.07, 6.45) is 0.119. The van der Waals surface area contributed by atoms with Crippen molar-refractivity contribution in [2.45, 2.75) is 20.3 Å². The van der Waals surface area contributed by atoms with Gasteiger partial charge in [0.15, 0.2) is 0 Å². The Morgan fingerprint density at radius 3 is 2.78 bits per heavy atom. The molecule has 0 saturated carbocycles. The average molecular weight is 421 g/mol. The number of esters is 1. The van der Waals surface area contributed by atoms with Crippen LogP contribution in [0.2, 0.25) is 5.02 Å². The number of methoxy groups -OCH3 is 1. The molecule has 140 valence electrons. The summed E-state index contributed by atoms with van der Waals surface area (Å²) in [6, 6.07) is 7.43. The van der Waals surface area contributed by atoms with Crippen LogP contribution in [0.5, 0.6) is 0 Å². The minimum atomic E-state index is -0.455. The van der Waals surface area contributed by atoms with E-state index in [-0.39, 0.29) is 12.3 Å². The molecule has 1 amide bonds. The van der Waals surface area contributed by atoms with Crippen LogP contribution in [0.1, 0.15) is 26.5 Å². The second kappa shape index (κ2) is 8.21. The minimum Gasteiger partial charge on any atom is -0.465 e. The standard InChI is InChI=1S/C19H17ClN2O3S2/c1-10-11(2)27-18(16(10)19(24)25-3)22-15(23)8-14-9-26-17(21-14)12-5-4-6-13(20)7-12/h4-7,9H,8H2,1-3H3,(H,22,23). The highest BCUT2D eigenvalue weighted by Gasteiger charge is 2.22. The lowest BCUT2D eigenvalue weighted by Gasteiger charge is -2.05. The Kier molecular flexibility index (Phi) is 5.94. The van der Waals surface area contributed by atoms with Crippen LogP contribution in [-0.4, -0.2) is 24.0 Å². The number of hydrogen-bond acceptors (Lipinski definition) is 6. The van der Waals surface area contributed by atoms with E-state index >= 15 is 0 Å².